The van der Waals surface area contributed by atoms with Crippen LogP contribution in [0.2, 0.25) is 5.02 Å². The Morgan fingerprint density at radius 3 is 2.54 bits per heavy atom. The Balaban J connectivity index is 1.67. The average molecular weight is 393 g/mol. The second-order valence-electron chi connectivity index (χ2n) is 6.15. The van der Waals surface area contributed by atoms with E-state index in [1.54, 1.807) is 24.9 Å². The maximum atomic E-state index is 12.5. The van der Waals surface area contributed by atoms with Crippen molar-refractivity contribution in [3.05, 3.63) is 47.5 Å². The number of rotatable bonds is 5. The van der Waals surface area contributed by atoms with Gasteiger partial charge in [0.25, 0.3) is 0 Å². The van der Waals surface area contributed by atoms with Crippen molar-refractivity contribution in [1.29, 1.82) is 0 Å². The number of ether oxygens (including phenoxy) is 2. The molecule has 0 unspecified atom stereocenters. The smallest absolute Gasteiger partial charge is 0.244 e. The molecule has 0 bridgehead atoms. The van der Waals surface area contributed by atoms with E-state index in [1.165, 1.54) is 0 Å². The van der Waals surface area contributed by atoms with Crippen LogP contribution in [0, 0.1) is 0 Å². The zero-order chi connectivity index (χ0) is 18.6. The van der Waals surface area contributed by atoms with Gasteiger partial charge in [0, 0.05) is 28.7 Å². The Morgan fingerprint density at radius 2 is 1.92 bits per heavy atom. The molecule has 0 aliphatic carbocycles. The molecule has 0 atom stereocenters. The number of hydrogen-bond donors (Lipinski definition) is 2. The molecule has 26 heavy (non-hydrogen) atoms. The molecule has 2 aromatic rings. The van der Waals surface area contributed by atoms with E-state index < -0.39 is 5.54 Å². The molecule has 1 fully saturated rings. The lowest BCUT2D eigenvalue weighted by atomic mass is 9.90. The first-order chi connectivity index (χ1) is 12.5. The van der Waals surface area contributed by atoms with Gasteiger partial charge in [-0.15, -0.1) is 0 Å². The average Bonchev–Trinajstić information content (AvgIpc) is 2.65. The first kappa shape index (κ1) is 19.0. The second kappa shape index (κ2) is 8.31. The van der Waals surface area contributed by atoms with E-state index in [2.05, 4.69) is 5.32 Å². The maximum Gasteiger partial charge on any atom is 0.244 e. The van der Waals surface area contributed by atoms with Crippen LogP contribution < -0.4 is 15.8 Å². The van der Waals surface area contributed by atoms with Crippen molar-refractivity contribution in [2.75, 3.05) is 25.6 Å². The van der Waals surface area contributed by atoms with Crippen LogP contribution in [-0.4, -0.2) is 31.8 Å². The van der Waals surface area contributed by atoms with Crippen LogP contribution in [0.3, 0.4) is 0 Å². The summed E-state index contributed by atoms with van der Waals surface area (Å²) in [5.74, 6) is 0.606. The summed E-state index contributed by atoms with van der Waals surface area (Å²) in [7, 11) is 1.64. The SMILES string of the molecule is COc1ccc(Sc2ccc(NC(=O)C3(N)CCOCC3)cc2Cl)cc1. The van der Waals surface area contributed by atoms with Crippen LogP contribution in [0.25, 0.3) is 0 Å². The topological polar surface area (TPSA) is 73.6 Å². The summed E-state index contributed by atoms with van der Waals surface area (Å²) < 4.78 is 10.4. The molecule has 7 heteroatoms. The number of amides is 1. The maximum absolute atomic E-state index is 12.5. The van der Waals surface area contributed by atoms with Crippen molar-refractivity contribution in [2.45, 2.75) is 28.2 Å². The summed E-state index contributed by atoms with van der Waals surface area (Å²) in [5.41, 5.74) is 5.95. The van der Waals surface area contributed by atoms with Crippen molar-refractivity contribution >= 4 is 35.0 Å². The monoisotopic (exact) mass is 392 g/mol. The van der Waals surface area contributed by atoms with Crippen molar-refractivity contribution in [1.82, 2.24) is 0 Å². The highest BCUT2D eigenvalue weighted by molar-refractivity contribution is 7.99. The van der Waals surface area contributed by atoms with Gasteiger partial charge in [-0.2, -0.15) is 0 Å². The largest absolute Gasteiger partial charge is 0.497 e. The van der Waals surface area contributed by atoms with Gasteiger partial charge in [0.05, 0.1) is 12.1 Å². The van der Waals surface area contributed by atoms with Gasteiger partial charge in [0.1, 0.15) is 11.3 Å². The minimum atomic E-state index is -0.888. The van der Waals surface area contributed by atoms with Crippen LogP contribution in [0.5, 0.6) is 5.75 Å². The zero-order valence-electron chi connectivity index (χ0n) is 14.5. The number of carbonyl (C=O) groups excluding carboxylic acids is 1. The van der Waals surface area contributed by atoms with Crippen molar-refractivity contribution in [3.63, 3.8) is 0 Å². The highest BCUT2D eigenvalue weighted by Gasteiger charge is 2.35. The molecule has 0 aromatic heterocycles. The number of methoxy groups -OCH3 is 1. The van der Waals surface area contributed by atoms with Crippen LogP contribution in [0.15, 0.2) is 52.3 Å². The van der Waals surface area contributed by atoms with Gasteiger partial charge >= 0.3 is 0 Å². The number of carbonyl (C=O) groups is 1. The summed E-state index contributed by atoms with van der Waals surface area (Å²) in [6.07, 6.45) is 1.02. The van der Waals surface area contributed by atoms with E-state index in [-0.39, 0.29) is 5.91 Å². The summed E-state index contributed by atoms with van der Waals surface area (Å²) >= 11 is 7.94. The highest BCUT2D eigenvalue weighted by atomic mass is 35.5. The Labute approximate surface area is 162 Å². The van der Waals surface area contributed by atoms with Gasteiger partial charge in [-0.05, 0) is 55.3 Å². The molecule has 1 heterocycles. The quantitative estimate of drug-likeness (QED) is 0.806. The normalized spacial score (nSPS) is 16.1. The fourth-order valence-corrected chi connectivity index (χ4v) is 3.77. The minimum absolute atomic E-state index is 0.201. The van der Waals surface area contributed by atoms with E-state index in [0.717, 1.165) is 15.5 Å². The Bertz CT molecular complexity index is 777. The van der Waals surface area contributed by atoms with E-state index in [0.29, 0.717) is 36.8 Å². The molecule has 2 aromatic carbocycles. The number of nitrogens with two attached hydrogens (primary N) is 1. The zero-order valence-corrected chi connectivity index (χ0v) is 16.0. The fourth-order valence-electron chi connectivity index (χ4n) is 2.65. The molecule has 0 radical (unpaired) electrons. The molecule has 1 amide bonds. The number of halogens is 1. The third kappa shape index (κ3) is 4.51. The lowest BCUT2D eigenvalue weighted by Crippen LogP contribution is -2.54. The lowest BCUT2D eigenvalue weighted by Gasteiger charge is -2.31. The predicted molar refractivity (Wildman–Crippen MR) is 104 cm³/mol. The molecule has 0 spiro atoms. The number of nitrogens with one attached hydrogen (secondary N) is 1. The van der Waals surface area contributed by atoms with E-state index >= 15 is 0 Å². The fraction of sp³-hybridized carbons (Fsp3) is 0.316. The van der Waals surface area contributed by atoms with Gasteiger partial charge < -0.3 is 20.5 Å². The molecule has 5 nitrogen and oxygen atoms in total. The Hall–Kier alpha value is -1.73. The molecule has 3 rings (SSSR count). The standard InChI is InChI=1S/C19H21ClN2O3S/c1-24-14-3-5-15(6-4-14)26-17-7-2-13(12-16(17)20)22-18(23)19(21)8-10-25-11-9-19/h2-7,12H,8-11,21H2,1H3,(H,22,23). The number of hydrogen-bond acceptors (Lipinski definition) is 5. The summed E-state index contributed by atoms with van der Waals surface area (Å²) in [6, 6.07) is 13.2. The van der Waals surface area contributed by atoms with Gasteiger partial charge in [0.2, 0.25) is 5.91 Å². The van der Waals surface area contributed by atoms with Gasteiger partial charge in [-0.3, -0.25) is 4.79 Å². The van der Waals surface area contributed by atoms with E-state index in [9.17, 15) is 4.79 Å². The van der Waals surface area contributed by atoms with E-state index in [4.69, 9.17) is 26.8 Å². The summed E-state index contributed by atoms with van der Waals surface area (Å²) in [5, 5.41) is 3.44. The molecule has 3 N–H and O–H groups in total. The minimum Gasteiger partial charge on any atom is -0.497 e. The van der Waals surface area contributed by atoms with Crippen molar-refractivity contribution in [3.8, 4) is 5.75 Å². The van der Waals surface area contributed by atoms with Crippen LogP contribution in [0.4, 0.5) is 5.69 Å². The van der Waals surface area contributed by atoms with Crippen LogP contribution >= 0.6 is 23.4 Å². The second-order valence-corrected chi connectivity index (χ2v) is 7.67. The van der Waals surface area contributed by atoms with Crippen LogP contribution in [-0.2, 0) is 9.53 Å². The third-order valence-corrected chi connectivity index (χ3v) is 5.82. The van der Waals surface area contributed by atoms with Crippen molar-refractivity contribution < 1.29 is 14.3 Å². The highest BCUT2D eigenvalue weighted by Crippen LogP contribution is 2.35. The third-order valence-electron chi connectivity index (χ3n) is 4.31. The first-order valence-electron chi connectivity index (χ1n) is 8.30. The van der Waals surface area contributed by atoms with Crippen molar-refractivity contribution in [2.24, 2.45) is 5.73 Å². The van der Waals surface area contributed by atoms with Gasteiger partial charge in [-0.25, -0.2) is 0 Å². The molecule has 1 aliphatic heterocycles. The number of anilines is 1. The molecule has 1 aliphatic rings. The Kier molecular flexibility index (Phi) is 6.09. The van der Waals surface area contributed by atoms with Gasteiger partial charge in [0.15, 0.2) is 0 Å². The first-order valence-corrected chi connectivity index (χ1v) is 9.49. The molecule has 0 saturated carbocycles. The van der Waals surface area contributed by atoms with E-state index in [1.807, 2.05) is 36.4 Å². The molecule has 1 saturated heterocycles. The lowest BCUT2D eigenvalue weighted by molar-refractivity contribution is -0.124. The van der Waals surface area contributed by atoms with Gasteiger partial charge in [-0.1, -0.05) is 23.4 Å². The summed E-state index contributed by atoms with van der Waals surface area (Å²) in [6.45, 7) is 1.00. The molecular weight excluding hydrogens is 372 g/mol. The molecular formula is C19H21ClN2O3S. The summed E-state index contributed by atoms with van der Waals surface area (Å²) in [4.78, 5) is 14.4. The Morgan fingerprint density at radius 1 is 1.23 bits per heavy atom. The number of benzene rings is 2. The predicted octanol–water partition coefficient (Wildman–Crippen LogP) is 3.95. The van der Waals surface area contributed by atoms with Crippen LogP contribution in [0.1, 0.15) is 12.8 Å². The molecule has 138 valence electrons.